The van der Waals surface area contributed by atoms with Crippen LogP contribution >= 0.6 is 0 Å². The highest BCUT2D eigenvalue weighted by Gasteiger charge is 2.09. The highest BCUT2D eigenvalue weighted by Crippen LogP contribution is 2.31. The van der Waals surface area contributed by atoms with Crippen molar-refractivity contribution in [3.63, 3.8) is 0 Å². The molecule has 0 aliphatic rings. The molecule has 1 aromatic heterocycles. The van der Waals surface area contributed by atoms with Crippen LogP contribution in [0.5, 0.6) is 0 Å². The number of amides is 1. The molecule has 142 valence electrons. The molecule has 0 radical (unpaired) electrons. The number of hydrogen-bond acceptors (Lipinski definition) is 2. The van der Waals surface area contributed by atoms with Gasteiger partial charge < -0.3 is 5.32 Å². The molecular formula is C26H22N2O. The summed E-state index contributed by atoms with van der Waals surface area (Å²) in [5, 5.41) is 2.85. The molecule has 3 nitrogen and oxygen atoms in total. The van der Waals surface area contributed by atoms with Gasteiger partial charge in [-0.25, -0.2) is 4.98 Å². The fourth-order valence-corrected chi connectivity index (χ4v) is 3.31. The summed E-state index contributed by atoms with van der Waals surface area (Å²) in [6.45, 7) is 3.60. The van der Waals surface area contributed by atoms with Crippen LogP contribution < -0.4 is 5.32 Å². The van der Waals surface area contributed by atoms with Crippen LogP contribution in [-0.2, 0) is 4.79 Å². The summed E-state index contributed by atoms with van der Waals surface area (Å²) in [4.78, 5) is 16.4. The van der Waals surface area contributed by atoms with Crippen molar-refractivity contribution in [3.05, 3.63) is 96.6 Å². The standard InChI is InChI=1S/C26H22N2O/c1-18-11-13-20(14-12-18)23-16-25(21-7-4-3-5-8-21)28-26(17-23)22-9-6-10-24(15-22)27-19(2)29/h3-17H,1-2H3,(H,27,29). The molecule has 0 saturated heterocycles. The number of nitrogens with zero attached hydrogens (tertiary/aromatic N) is 1. The van der Waals surface area contributed by atoms with Crippen LogP contribution in [0.15, 0.2) is 91.0 Å². The molecule has 0 atom stereocenters. The molecule has 0 unspecified atom stereocenters. The van der Waals surface area contributed by atoms with E-state index in [1.165, 1.54) is 12.5 Å². The molecule has 29 heavy (non-hydrogen) atoms. The summed E-state index contributed by atoms with van der Waals surface area (Å²) in [6.07, 6.45) is 0. The number of anilines is 1. The van der Waals surface area contributed by atoms with E-state index in [0.717, 1.165) is 39.3 Å². The monoisotopic (exact) mass is 378 g/mol. The molecule has 0 aliphatic carbocycles. The van der Waals surface area contributed by atoms with E-state index in [1.54, 1.807) is 0 Å². The van der Waals surface area contributed by atoms with E-state index in [2.05, 4.69) is 60.8 Å². The van der Waals surface area contributed by atoms with Gasteiger partial charge in [-0.2, -0.15) is 0 Å². The van der Waals surface area contributed by atoms with Crippen molar-refractivity contribution in [1.82, 2.24) is 4.98 Å². The van der Waals surface area contributed by atoms with Gasteiger partial charge in [0, 0.05) is 23.7 Å². The molecule has 0 spiro atoms. The first-order valence-electron chi connectivity index (χ1n) is 9.61. The van der Waals surface area contributed by atoms with E-state index in [9.17, 15) is 4.79 Å². The van der Waals surface area contributed by atoms with Crippen molar-refractivity contribution in [3.8, 4) is 33.6 Å². The number of carbonyl (C=O) groups excluding carboxylic acids is 1. The first-order chi connectivity index (χ1) is 14.1. The number of hydrogen-bond donors (Lipinski definition) is 1. The van der Waals surface area contributed by atoms with Crippen molar-refractivity contribution in [2.45, 2.75) is 13.8 Å². The molecular weight excluding hydrogens is 356 g/mol. The smallest absolute Gasteiger partial charge is 0.221 e. The lowest BCUT2D eigenvalue weighted by atomic mass is 9.99. The molecule has 1 amide bonds. The van der Waals surface area contributed by atoms with Crippen LogP contribution in [0.25, 0.3) is 33.6 Å². The second-order valence-electron chi connectivity index (χ2n) is 7.12. The van der Waals surface area contributed by atoms with Gasteiger partial charge in [0.15, 0.2) is 0 Å². The third-order valence-corrected chi connectivity index (χ3v) is 4.76. The third kappa shape index (κ3) is 4.41. The number of nitrogens with one attached hydrogen (secondary N) is 1. The predicted molar refractivity (Wildman–Crippen MR) is 120 cm³/mol. The second kappa shape index (κ2) is 8.11. The van der Waals surface area contributed by atoms with Crippen LogP contribution in [0.2, 0.25) is 0 Å². The van der Waals surface area contributed by atoms with Crippen molar-refractivity contribution in [2.24, 2.45) is 0 Å². The number of aromatic nitrogens is 1. The zero-order valence-corrected chi connectivity index (χ0v) is 16.5. The van der Waals surface area contributed by atoms with E-state index in [0.29, 0.717) is 0 Å². The van der Waals surface area contributed by atoms with E-state index in [-0.39, 0.29) is 5.91 Å². The van der Waals surface area contributed by atoms with Crippen LogP contribution in [0, 0.1) is 6.92 Å². The van der Waals surface area contributed by atoms with Crippen molar-refractivity contribution in [2.75, 3.05) is 5.32 Å². The maximum atomic E-state index is 11.4. The highest BCUT2D eigenvalue weighted by atomic mass is 16.1. The minimum atomic E-state index is -0.0894. The van der Waals surface area contributed by atoms with Crippen LogP contribution in [0.1, 0.15) is 12.5 Å². The van der Waals surface area contributed by atoms with Gasteiger partial charge in [-0.3, -0.25) is 4.79 Å². The normalized spacial score (nSPS) is 10.6. The van der Waals surface area contributed by atoms with Gasteiger partial charge in [-0.05, 0) is 42.3 Å². The quantitative estimate of drug-likeness (QED) is 0.449. The highest BCUT2D eigenvalue weighted by molar-refractivity contribution is 5.89. The third-order valence-electron chi connectivity index (χ3n) is 4.76. The summed E-state index contributed by atoms with van der Waals surface area (Å²) in [5.41, 5.74) is 8.07. The SMILES string of the molecule is CC(=O)Nc1cccc(-c2cc(-c3ccc(C)cc3)cc(-c3ccccc3)n2)c1. The van der Waals surface area contributed by atoms with Crippen molar-refractivity contribution in [1.29, 1.82) is 0 Å². The summed E-state index contributed by atoms with van der Waals surface area (Å²) in [7, 11) is 0. The van der Waals surface area contributed by atoms with Gasteiger partial charge in [0.25, 0.3) is 0 Å². The first-order valence-corrected chi connectivity index (χ1v) is 9.61. The Labute approximate surface area is 171 Å². The minimum absolute atomic E-state index is 0.0894. The lowest BCUT2D eigenvalue weighted by Gasteiger charge is -2.11. The molecule has 3 heteroatoms. The number of benzene rings is 3. The molecule has 4 rings (SSSR count). The van der Waals surface area contributed by atoms with Crippen LogP contribution in [0.3, 0.4) is 0 Å². The van der Waals surface area contributed by atoms with Crippen molar-refractivity contribution >= 4 is 11.6 Å². The van der Waals surface area contributed by atoms with Gasteiger partial charge in [-0.1, -0.05) is 72.3 Å². The Bertz CT molecular complexity index is 1150. The van der Waals surface area contributed by atoms with Crippen LogP contribution in [-0.4, -0.2) is 10.9 Å². The zero-order chi connectivity index (χ0) is 20.2. The number of aryl methyl sites for hydroxylation is 1. The zero-order valence-electron chi connectivity index (χ0n) is 16.5. The number of pyridine rings is 1. The molecule has 0 aliphatic heterocycles. The van der Waals surface area contributed by atoms with Gasteiger partial charge >= 0.3 is 0 Å². The Morgan fingerprint density at radius 1 is 0.690 bits per heavy atom. The largest absolute Gasteiger partial charge is 0.326 e. The van der Waals surface area contributed by atoms with E-state index >= 15 is 0 Å². The summed E-state index contributed by atoms with van der Waals surface area (Å²) >= 11 is 0. The van der Waals surface area contributed by atoms with Gasteiger partial charge in [-0.15, -0.1) is 0 Å². The Hall–Kier alpha value is -3.72. The lowest BCUT2D eigenvalue weighted by Crippen LogP contribution is -2.05. The van der Waals surface area contributed by atoms with Crippen LogP contribution in [0.4, 0.5) is 5.69 Å². The van der Waals surface area contributed by atoms with Gasteiger partial charge in [0.1, 0.15) is 0 Å². The molecule has 0 fully saturated rings. The topological polar surface area (TPSA) is 42.0 Å². The van der Waals surface area contributed by atoms with Crippen molar-refractivity contribution < 1.29 is 4.79 Å². The Morgan fingerprint density at radius 3 is 2.03 bits per heavy atom. The van der Waals surface area contributed by atoms with Gasteiger partial charge in [0.2, 0.25) is 5.91 Å². The minimum Gasteiger partial charge on any atom is -0.326 e. The molecule has 4 aromatic rings. The lowest BCUT2D eigenvalue weighted by molar-refractivity contribution is -0.114. The van der Waals surface area contributed by atoms with Gasteiger partial charge in [0.05, 0.1) is 11.4 Å². The molecule has 3 aromatic carbocycles. The fourth-order valence-electron chi connectivity index (χ4n) is 3.31. The number of rotatable bonds is 4. The average molecular weight is 378 g/mol. The Kier molecular flexibility index (Phi) is 5.21. The Morgan fingerprint density at radius 2 is 1.34 bits per heavy atom. The average Bonchev–Trinajstić information content (AvgIpc) is 2.74. The van der Waals surface area contributed by atoms with E-state index in [1.807, 2.05) is 42.5 Å². The predicted octanol–water partition coefficient (Wildman–Crippen LogP) is 6.35. The number of carbonyl (C=O) groups is 1. The summed E-state index contributed by atoms with van der Waals surface area (Å²) in [6, 6.07) is 30.7. The maximum absolute atomic E-state index is 11.4. The summed E-state index contributed by atoms with van der Waals surface area (Å²) < 4.78 is 0. The summed E-state index contributed by atoms with van der Waals surface area (Å²) in [5.74, 6) is -0.0894. The maximum Gasteiger partial charge on any atom is 0.221 e. The first kappa shape index (κ1) is 18.6. The molecule has 0 bridgehead atoms. The second-order valence-corrected chi connectivity index (χ2v) is 7.12. The molecule has 1 N–H and O–H groups in total. The van der Waals surface area contributed by atoms with E-state index in [4.69, 9.17) is 4.98 Å². The van der Waals surface area contributed by atoms with E-state index < -0.39 is 0 Å². The molecule has 1 heterocycles. The Balaban J connectivity index is 1.86. The fraction of sp³-hybridized carbons (Fsp3) is 0.0769. The molecule has 0 saturated carbocycles.